The molecule has 1 saturated carbocycles. The van der Waals surface area contributed by atoms with Crippen molar-refractivity contribution in [3.63, 3.8) is 0 Å². The topological polar surface area (TPSA) is 59.1 Å². The molecule has 15 heavy (non-hydrogen) atoms. The lowest BCUT2D eigenvalue weighted by Crippen LogP contribution is -2.26. The predicted octanol–water partition coefficient (Wildman–Crippen LogP) is 2.69. The van der Waals surface area contributed by atoms with E-state index < -0.39 is 0 Å². The summed E-state index contributed by atoms with van der Waals surface area (Å²) in [4.78, 5) is 0. The predicted molar refractivity (Wildman–Crippen MR) is 63.1 cm³/mol. The Bertz CT molecular complexity index is 204. The molecule has 0 saturated heterocycles. The van der Waals surface area contributed by atoms with Crippen LogP contribution in [0, 0.1) is 10.8 Å². The fourth-order valence-corrected chi connectivity index (χ4v) is 2.05. The van der Waals surface area contributed by atoms with Crippen LogP contribution in [0.2, 0.25) is 0 Å². The maximum Gasteiger partial charge on any atom is 0.0906 e. The van der Waals surface area contributed by atoms with Crippen molar-refractivity contribution in [3.8, 4) is 0 Å². The number of nitrogens with one attached hydrogen (secondary N) is 1. The van der Waals surface area contributed by atoms with Crippen molar-refractivity contribution in [2.75, 3.05) is 6.61 Å². The molecule has 0 aliphatic heterocycles. The van der Waals surface area contributed by atoms with Gasteiger partial charge in [-0.15, -0.1) is 0 Å². The van der Waals surface area contributed by atoms with Crippen LogP contribution < -0.4 is 5.73 Å². The zero-order valence-corrected chi connectivity index (χ0v) is 10.0. The van der Waals surface area contributed by atoms with Gasteiger partial charge >= 0.3 is 0 Å². The van der Waals surface area contributed by atoms with Crippen molar-refractivity contribution >= 4 is 5.84 Å². The molecule has 0 spiro atoms. The van der Waals surface area contributed by atoms with Gasteiger partial charge in [0.2, 0.25) is 0 Å². The summed E-state index contributed by atoms with van der Waals surface area (Å²) in [6.45, 7) is 5.42. The Morgan fingerprint density at radius 2 is 2.00 bits per heavy atom. The SMILES string of the molecule is CC1(C)CCC(OCCCC(=N)N)CC1. The van der Waals surface area contributed by atoms with Crippen molar-refractivity contribution in [1.82, 2.24) is 0 Å². The molecular weight excluding hydrogens is 188 g/mol. The first kappa shape index (κ1) is 12.5. The first-order valence-electron chi connectivity index (χ1n) is 5.94. The third-order valence-corrected chi connectivity index (χ3v) is 3.23. The Balaban J connectivity index is 2.06. The van der Waals surface area contributed by atoms with Crippen LogP contribution in [-0.4, -0.2) is 18.5 Å². The fourth-order valence-electron chi connectivity index (χ4n) is 2.05. The van der Waals surface area contributed by atoms with Gasteiger partial charge < -0.3 is 10.5 Å². The van der Waals surface area contributed by atoms with Crippen LogP contribution in [0.3, 0.4) is 0 Å². The Labute approximate surface area is 92.9 Å². The Kier molecular flexibility index (Phi) is 4.58. The molecule has 1 rings (SSSR count). The lowest BCUT2D eigenvalue weighted by Gasteiger charge is -2.34. The van der Waals surface area contributed by atoms with E-state index in [4.69, 9.17) is 15.9 Å². The highest BCUT2D eigenvalue weighted by Crippen LogP contribution is 2.36. The highest BCUT2D eigenvalue weighted by atomic mass is 16.5. The average Bonchev–Trinajstić information content (AvgIpc) is 2.14. The summed E-state index contributed by atoms with van der Waals surface area (Å²) in [6, 6.07) is 0. The van der Waals surface area contributed by atoms with Crippen molar-refractivity contribution in [2.45, 2.75) is 58.5 Å². The third kappa shape index (κ3) is 5.17. The zero-order valence-electron chi connectivity index (χ0n) is 10.0. The minimum absolute atomic E-state index is 0.267. The summed E-state index contributed by atoms with van der Waals surface area (Å²) in [7, 11) is 0. The summed E-state index contributed by atoms with van der Waals surface area (Å²) in [5.74, 6) is 0.267. The van der Waals surface area contributed by atoms with Crippen LogP contribution in [0.1, 0.15) is 52.4 Å². The van der Waals surface area contributed by atoms with Gasteiger partial charge in [0.15, 0.2) is 0 Å². The van der Waals surface area contributed by atoms with E-state index in [0.29, 0.717) is 17.9 Å². The van der Waals surface area contributed by atoms with Gasteiger partial charge in [-0.3, -0.25) is 5.41 Å². The molecule has 3 nitrogen and oxygen atoms in total. The number of nitrogens with two attached hydrogens (primary N) is 1. The smallest absolute Gasteiger partial charge is 0.0906 e. The zero-order chi connectivity index (χ0) is 11.3. The van der Waals surface area contributed by atoms with Gasteiger partial charge in [0.25, 0.3) is 0 Å². The molecule has 0 heterocycles. The molecular formula is C12H24N2O. The molecule has 0 aromatic rings. The summed E-state index contributed by atoms with van der Waals surface area (Å²) in [5.41, 5.74) is 5.79. The monoisotopic (exact) mass is 212 g/mol. The van der Waals surface area contributed by atoms with Gasteiger partial charge in [0.05, 0.1) is 11.9 Å². The average molecular weight is 212 g/mol. The molecule has 3 N–H and O–H groups in total. The highest BCUT2D eigenvalue weighted by molar-refractivity contribution is 5.76. The quantitative estimate of drug-likeness (QED) is 0.418. The van der Waals surface area contributed by atoms with E-state index in [9.17, 15) is 0 Å². The largest absolute Gasteiger partial charge is 0.388 e. The molecule has 0 radical (unpaired) electrons. The van der Waals surface area contributed by atoms with Crippen LogP contribution in [0.5, 0.6) is 0 Å². The minimum Gasteiger partial charge on any atom is -0.388 e. The van der Waals surface area contributed by atoms with Crippen LogP contribution in [0.15, 0.2) is 0 Å². The Morgan fingerprint density at radius 1 is 1.40 bits per heavy atom. The molecule has 3 heteroatoms. The summed E-state index contributed by atoms with van der Waals surface area (Å²) < 4.78 is 5.77. The van der Waals surface area contributed by atoms with E-state index in [0.717, 1.165) is 13.0 Å². The Morgan fingerprint density at radius 3 is 2.53 bits per heavy atom. The summed E-state index contributed by atoms with van der Waals surface area (Å²) in [6.07, 6.45) is 6.91. The molecule has 0 bridgehead atoms. The van der Waals surface area contributed by atoms with Crippen LogP contribution in [-0.2, 0) is 4.74 Å². The molecule has 0 atom stereocenters. The van der Waals surface area contributed by atoms with Gasteiger partial charge in [-0.05, 0) is 37.5 Å². The van der Waals surface area contributed by atoms with Crippen LogP contribution in [0.4, 0.5) is 0 Å². The number of hydrogen-bond donors (Lipinski definition) is 2. The third-order valence-electron chi connectivity index (χ3n) is 3.23. The highest BCUT2D eigenvalue weighted by Gasteiger charge is 2.26. The van der Waals surface area contributed by atoms with Crippen molar-refractivity contribution < 1.29 is 4.74 Å². The first-order valence-corrected chi connectivity index (χ1v) is 5.94. The molecule has 88 valence electrons. The molecule has 0 aromatic carbocycles. The number of ether oxygens (including phenoxy) is 1. The van der Waals surface area contributed by atoms with E-state index in [1.807, 2.05) is 0 Å². The van der Waals surface area contributed by atoms with Gasteiger partial charge in [-0.25, -0.2) is 0 Å². The maximum atomic E-state index is 7.09. The van der Waals surface area contributed by atoms with Gasteiger partial charge in [-0.2, -0.15) is 0 Å². The molecule has 0 amide bonds. The van der Waals surface area contributed by atoms with Crippen molar-refractivity contribution in [3.05, 3.63) is 0 Å². The van der Waals surface area contributed by atoms with E-state index in [-0.39, 0.29) is 5.84 Å². The molecule has 0 aromatic heterocycles. The van der Waals surface area contributed by atoms with Crippen LogP contribution in [0.25, 0.3) is 0 Å². The molecule has 0 unspecified atom stereocenters. The second-order valence-electron chi connectivity index (χ2n) is 5.36. The molecule has 1 aliphatic rings. The van der Waals surface area contributed by atoms with Gasteiger partial charge in [0.1, 0.15) is 0 Å². The van der Waals surface area contributed by atoms with Crippen molar-refractivity contribution in [2.24, 2.45) is 11.1 Å². The lowest BCUT2D eigenvalue weighted by molar-refractivity contribution is 0.00394. The Hall–Kier alpha value is -0.570. The van der Waals surface area contributed by atoms with E-state index in [2.05, 4.69) is 13.8 Å². The second-order valence-corrected chi connectivity index (χ2v) is 5.36. The standard InChI is InChI=1S/C12H24N2O/c1-12(2)7-5-10(6-8-12)15-9-3-4-11(13)14/h10H,3-9H2,1-2H3,(H3,13,14). The molecule has 1 fully saturated rings. The second kappa shape index (κ2) is 5.50. The lowest BCUT2D eigenvalue weighted by atomic mass is 9.76. The van der Waals surface area contributed by atoms with E-state index in [1.165, 1.54) is 25.7 Å². The summed E-state index contributed by atoms with van der Waals surface area (Å²) >= 11 is 0. The van der Waals surface area contributed by atoms with E-state index in [1.54, 1.807) is 0 Å². The number of hydrogen-bond acceptors (Lipinski definition) is 2. The normalized spacial score (nSPS) is 21.5. The maximum absolute atomic E-state index is 7.09. The van der Waals surface area contributed by atoms with Gasteiger partial charge in [0, 0.05) is 13.0 Å². The van der Waals surface area contributed by atoms with E-state index >= 15 is 0 Å². The summed E-state index contributed by atoms with van der Waals surface area (Å²) in [5, 5.41) is 7.09. The van der Waals surface area contributed by atoms with Crippen LogP contribution >= 0.6 is 0 Å². The van der Waals surface area contributed by atoms with Crippen molar-refractivity contribution in [1.29, 1.82) is 5.41 Å². The first-order chi connectivity index (χ1) is 6.99. The molecule has 1 aliphatic carbocycles. The minimum atomic E-state index is 0.267. The van der Waals surface area contributed by atoms with Gasteiger partial charge in [-0.1, -0.05) is 13.8 Å². The fraction of sp³-hybridized carbons (Fsp3) is 0.917. The number of amidine groups is 1. The number of rotatable bonds is 5.